The van der Waals surface area contributed by atoms with Crippen molar-refractivity contribution < 1.29 is 18.3 Å². The van der Waals surface area contributed by atoms with Gasteiger partial charge in [-0.25, -0.2) is 13.2 Å². The van der Waals surface area contributed by atoms with Gasteiger partial charge >= 0.3 is 5.97 Å². The van der Waals surface area contributed by atoms with Crippen molar-refractivity contribution >= 4 is 27.3 Å². The Morgan fingerprint density at radius 3 is 2.75 bits per heavy atom. The van der Waals surface area contributed by atoms with E-state index in [2.05, 4.69) is 0 Å². The second kappa shape index (κ2) is 5.52. The minimum Gasteiger partial charge on any atom is -0.477 e. The number of carboxylic acids is 1. The van der Waals surface area contributed by atoms with E-state index in [0.29, 0.717) is 5.56 Å². The number of sulfonamides is 1. The van der Waals surface area contributed by atoms with E-state index in [1.807, 2.05) is 6.07 Å². The third-order valence-electron chi connectivity index (χ3n) is 3.08. The Kier molecular flexibility index (Phi) is 4.13. The average molecular weight is 314 g/mol. The van der Waals surface area contributed by atoms with Gasteiger partial charge in [-0.3, -0.25) is 0 Å². The molecule has 2 rings (SSSR count). The first-order chi connectivity index (χ1) is 9.39. The number of carbonyl (C=O) groups is 1. The molecule has 1 heterocycles. The monoisotopic (exact) mass is 314 g/mol. The first-order valence-corrected chi connectivity index (χ1v) is 8.41. The van der Waals surface area contributed by atoms with Crippen LogP contribution in [0.15, 0.2) is 10.3 Å². The van der Waals surface area contributed by atoms with Crippen LogP contribution in [0.2, 0.25) is 0 Å². The fraction of sp³-hybridized carbons (Fsp3) is 0.500. The van der Waals surface area contributed by atoms with Crippen LogP contribution < -0.4 is 0 Å². The quantitative estimate of drug-likeness (QED) is 0.863. The van der Waals surface area contributed by atoms with Crippen molar-refractivity contribution in [3.63, 3.8) is 0 Å². The maximum Gasteiger partial charge on any atom is 0.347 e. The molecule has 0 atom stereocenters. The number of hydrogen-bond acceptors (Lipinski definition) is 5. The number of hydrogen-bond donors (Lipinski definition) is 1. The zero-order chi connectivity index (χ0) is 14.9. The molecular weight excluding hydrogens is 300 g/mol. The van der Waals surface area contributed by atoms with E-state index in [0.717, 1.165) is 24.2 Å². The van der Waals surface area contributed by atoms with Gasteiger partial charge in [0.1, 0.15) is 9.77 Å². The molecule has 1 saturated carbocycles. The summed E-state index contributed by atoms with van der Waals surface area (Å²) in [6.45, 7) is 1.70. The average Bonchev–Trinajstić information content (AvgIpc) is 3.10. The van der Waals surface area contributed by atoms with Crippen molar-refractivity contribution in [2.45, 2.75) is 37.1 Å². The maximum atomic E-state index is 12.7. The van der Waals surface area contributed by atoms with Crippen molar-refractivity contribution in [2.75, 3.05) is 6.54 Å². The van der Waals surface area contributed by atoms with Crippen LogP contribution in [0.4, 0.5) is 0 Å². The van der Waals surface area contributed by atoms with Crippen LogP contribution in [0.5, 0.6) is 0 Å². The van der Waals surface area contributed by atoms with E-state index in [1.54, 1.807) is 6.92 Å². The van der Waals surface area contributed by atoms with E-state index in [9.17, 15) is 13.2 Å². The lowest BCUT2D eigenvalue weighted by atomic mass is 10.3. The molecule has 108 valence electrons. The van der Waals surface area contributed by atoms with Crippen LogP contribution in [-0.2, 0) is 10.0 Å². The second-order valence-corrected chi connectivity index (χ2v) is 7.34. The number of nitrogens with zero attached hydrogens (tertiary/aromatic N) is 2. The van der Waals surface area contributed by atoms with E-state index in [1.165, 1.54) is 9.69 Å². The lowest BCUT2D eigenvalue weighted by Gasteiger charge is -2.21. The largest absolute Gasteiger partial charge is 0.477 e. The molecule has 8 heteroatoms. The first kappa shape index (κ1) is 15.0. The van der Waals surface area contributed by atoms with E-state index < -0.39 is 16.0 Å². The molecule has 1 aromatic heterocycles. The molecule has 0 spiro atoms. The highest BCUT2D eigenvalue weighted by Crippen LogP contribution is 2.36. The van der Waals surface area contributed by atoms with Gasteiger partial charge in [0.2, 0.25) is 10.0 Å². The van der Waals surface area contributed by atoms with Gasteiger partial charge < -0.3 is 5.11 Å². The van der Waals surface area contributed by atoms with Gasteiger partial charge in [0.25, 0.3) is 0 Å². The lowest BCUT2D eigenvalue weighted by Crippen LogP contribution is -2.34. The summed E-state index contributed by atoms with van der Waals surface area (Å²) in [5, 5.41) is 19.3. The molecule has 1 aliphatic carbocycles. The Hall–Kier alpha value is -1.43. The molecule has 6 nitrogen and oxygen atoms in total. The molecule has 1 fully saturated rings. The summed E-state index contributed by atoms with van der Waals surface area (Å²) in [5.41, 5.74) is 0.440. The SMILES string of the molecule is Cc1csc(C(=O)O)c1S(=O)(=O)N(CCC#N)C1CC1. The molecule has 0 bridgehead atoms. The Morgan fingerprint density at radius 1 is 1.60 bits per heavy atom. The third-order valence-corrected chi connectivity index (χ3v) is 6.43. The number of rotatable bonds is 6. The molecule has 1 aliphatic rings. The summed E-state index contributed by atoms with van der Waals surface area (Å²) in [5.74, 6) is -1.24. The summed E-state index contributed by atoms with van der Waals surface area (Å²) in [6, 6.07) is 1.83. The first-order valence-electron chi connectivity index (χ1n) is 6.09. The van der Waals surface area contributed by atoms with Crippen LogP contribution in [0.25, 0.3) is 0 Å². The van der Waals surface area contributed by atoms with Crippen LogP contribution >= 0.6 is 11.3 Å². The predicted molar refractivity (Wildman–Crippen MR) is 73.2 cm³/mol. The van der Waals surface area contributed by atoms with Crippen LogP contribution in [-0.4, -0.2) is 36.4 Å². The maximum absolute atomic E-state index is 12.7. The third kappa shape index (κ3) is 2.70. The molecule has 0 unspecified atom stereocenters. The predicted octanol–water partition coefficient (Wildman–Crippen LogP) is 1.82. The number of thiophene rings is 1. The van der Waals surface area contributed by atoms with Crippen molar-refractivity contribution in [1.82, 2.24) is 4.31 Å². The topological polar surface area (TPSA) is 98.5 Å². The molecule has 0 saturated heterocycles. The Bertz CT molecular complexity index is 668. The highest BCUT2D eigenvalue weighted by Gasteiger charge is 2.40. The van der Waals surface area contributed by atoms with Crippen molar-refractivity contribution in [1.29, 1.82) is 5.26 Å². The minimum atomic E-state index is -3.86. The summed E-state index contributed by atoms with van der Waals surface area (Å²) >= 11 is 0.914. The molecule has 1 N–H and O–H groups in total. The van der Waals surface area contributed by atoms with Crippen molar-refractivity contribution in [2.24, 2.45) is 0 Å². The standard InChI is InChI=1S/C12H14N2O4S2/c1-8-7-19-10(12(15)16)11(8)20(17,18)14(6-2-5-13)9-3-4-9/h7,9H,2-4,6H2,1H3,(H,15,16). The highest BCUT2D eigenvalue weighted by molar-refractivity contribution is 7.89. The summed E-state index contributed by atoms with van der Waals surface area (Å²) in [4.78, 5) is 10.9. The molecule has 0 aliphatic heterocycles. The van der Waals surface area contributed by atoms with Gasteiger partial charge in [0.05, 0.1) is 6.07 Å². The molecule has 1 aromatic rings. The van der Waals surface area contributed by atoms with E-state index in [-0.39, 0.29) is 28.8 Å². The highest BCUT2D eigenvalue weighted by atomic mass is 32.2. The van der Waals surface area contributed by atoms with Gasteiger partial charge in [-0.05, 0) is 30.7 Å². The Morgan fingerprint density at radius 2 is 2.25 bits per heavy atom. The van der Waals surface area contributed by atoms with Gasteiger partial charge in [-0.2, -0.15) is 9.57 Å². The number of aromatic carboxylic acids is 1. The zero-order valence-corrected chi connectivity index (χ0v) is 12.5. The fourth-order valence-electron chi connectivity index (χ4n) is 2.04. The Labute approximate surface area is 121 Å². The van der Waals surface area contributed by atoms with Crippen molar-refractivity contribution in [3.8, 4) is 6.07 Å². The van der Waals surface area contributed by atoms with Gasteiger partial charge in [0, 0.05) is 19.0 Å². The van der Waals surface area contributed by atoms with E-state index in [4.69, 9.17) is 10.4 Å². The lowest BCUT2D eigenvalue weighted by molar-refractivity contribution is 0.0698. The normalized spacial score (nSPS) is 15.2. The molecule has 0 aromatic carbocycles. The summed E-state index contributed by atoms with van der Waals surface area (Å²) < 4.78 is 26.6. The van der Waals surface area contributed by atoms with Crippen molar-refractivity contribution in [3.05, 3.63) is 15.8 Å². The second-order valence-electron chi connectivity index (χ2n) is 4.64. The van der Waals surface area contributed by atoms with Gasteiger partial charge in [-0.15, -0.1) is 11.3 Å². The summed E-state index contributed by atoms with van der Waals surface area (Å²) in [7, 11) is -3.86. The number of nitriles is 1. The number of aryl methyl sites for hydroxylation is 1. The minimum absolute atomic E-state index is 0.0985. The van der Waals surface area contributed by atoms with Gasteiger partial charge in [0.15, 0.2) is 0 Å². The van der Waals surface area contributed by atoms with Gasteiger partial charge in [-0.1, -0.05) is 0 Å². The molecule has 0 amide bonds. The Balaban J connectivity index is 2.45. The molecule has 0 radical (unpaired) electrons. The molecule has 20 heavy (non-hydrogen) atoms. The smallest absolute Gasteiger partial charge is 0.347 e. The zero-order valence-electron chi connectivity index (χ0n) is 10.9. The molecular formula is C12H14N2O4S2. The van der Waals surface area contributed by atoms with Crippen LogP contribution in [0.3, 0.4) is 0 Å². The number of carboxylic acid groups (broad SMARTS) is 1. The van der Waals surface area contributed by atoms with E-state index >= 15 is 0 Å². The van der Waals surface area contributed by atoms with Crippen LogP contribution in [0, 0.1) is 18.3 Å². The summed E-state index contributed by atoms with van der Waals surface area (Å²) in [6.07, 6.45) is 1.62. The fourth-order valence-corrected chi connectivity index (χ4v) is 5.31. The van der Waals surface area contributed by atoms with Crippen LogP contribution in [0.1, 0.15) is 34.5 Å².